The third kappa shape index (κ3) is 8.52. The van der Waals surface area contributed by atoms with Crippen LogP contribution in [0.15, 0.2) is 0 Å². The van der Waals surface area contributed by atoms with Crippen LogP contribution >= 0.6 is 0 Å². The molecule has 0 aromatic rings. The molecular weight excluding hydrogens is 174 g/mol. The third-order valence-corrected chi connectivity index (χ3v) is 2.41. The second kappa shape index (κ2) is 8.25. The van der Waals surface area contributed by atoms with Crippen molar-refractivity contribution < 1.29 is 4.74 Å². The Labute approximate surface area is 89.4 Å². The minimum absolute atomic E-state index is 0.397. The molecule has 2 heteroatoms. The fraction of sp³-hybridized carbons (Fsp3) is 1.00. The first-order chi connectivity index (χ1) is 6.56. The molecule has 86 valence electrons. The number of rotatable bonds is 8. The van der Waals surface area contributed by atoms with Crippen LogP contribution in [0.2, 0.25) is 0 Å². The lowest BCUT2D eigenvalue weighted by Gasteiger charge is -2.16. The Balaban J connectivity index is 3.27. The molecule has 0 aromatic heterocycles. The molecule has 2 atom stereocenters. The predicted octanol–water partition coefficient (Wildman–Crippen LogP) is 2.83. The summed E-state index contributed by atoms with van der Waals surface area (Å²) in [5.74, 6) is 0.729. The quantitative estimate of drug-likeness (QED) is 0.610. The fourth-order valence-electron chi connectivity index (χ4n) is 1.44. The Bertz CT molecular complexity index is 125. The Morgan fingerprint density at radius 2 is 1.79 bits per heavy atom. The largest absolute Gasteiger partial charge is 0.377 e. The van der Waals surface area contributed by atoms with E-state index in [1.54, 1.807) is 0 Å². The minimum Gasteiger partial charge on any atom is -0.377 e. The molecule has 0 rings (SSSR count). The third-order valence-electron chi connectivity index (χ3n) is 2.41. The zero-order valence-electron chi connectivity index (χ0n) is 10.5. The molecule has 0 aliphatic rings. The second-order valence-electron chi connectivity index (χ2n) is 4.57. The topological polar surface area (TPSA) is 21.3 Å². The minimum atomic E-state index is 0.397. The van der Waals surface area contributed by atoms with Crippen LogP contribution in [0.25, 0.3) is 0 Å². The van der Waals surface area contributed by atoms with Gasteiger partial charge in [0.15, 0.2) is 0 Å². The van der Waals surface area contributed by atoms with E-state index in [-0.39, 0.29) is 0 Å². The van der Waals surface area contributed by atoms with Crippen LogP contribution in [0.5, 0.6) is 0 Å². The highest BCUT2D eigenvalue weighted by atomic mass is 16.5. The van der Waals surface area contributed by atoms with Crippen molar-refractivity contribution >= 4 is 0 Å². The maximum Gasteiger partial charge on any atom is 0.0594 e. The van der Waals surface area contributed by atoms with Gasteiger partial charge in [-0.2, -0.15) is 0 Å². The Kier molecular flexibility index (Phi) is 8.20. The Morgan fingerprint density at radius 1 is 1.14 bits per heavy atom. The van der Waals surface area contributed by atoms with E-state index in [1.807, 2.05) is 0 Å². The van der Waals surface area contributed by atoms with Crippen LogP contribution in [0.4, 0.5) is 0 Å². The monoisotopic (exact) mass is 201 g/mol. The lowest BCUT2D eigenvalue weighted by atomic mass is 10.1. The highest BCUT2D eigenvalue weighted by molar-refractivity contribution is 4.58. The number of nitrogens with one attached hydrogen (secondary N) is 1. The van der Waals surface area contributed by atoms with Gasteiger partial charge in [0.25, 0.3) is 0 Å². The SMILES string of the molecule is CCC(C)NCCOC(C)CC(C)C. The molecule has 0 bridgehead atoms. The molecular formula is C12H27NO. The summed E-state index contributed by atoms with van der Waals surface area (Å²) in [7, 11) is 0. The van der Waals surface area contributed by atoms with Gasteiger partial charge >= 0.3 is 0 Å². The summed E-state index contributed by atoms with van der Waals surface area (Å²) in [6.45, 7) is 12.8. The van der Waals surface area contributed by atoms with Crippen LogP contribution < -0.4 is 5.32 Å². The van der Waals surface area contributed by atoms with Gasteiger partial charge in [0.2, 0.25) is 0 Å². The highest BCUT2D eigenvalue weighted by Gasteiger charge is 2.04. The van der Waals surface area contributed by atoms with Crippen molar-refractivity contribution in [2.75, 3.05) is 13.2 Å². The molecule has 1 N–H and O–H groups in total. The van der Waals surface area contributed by atoms with Crippen molar-refractivity contribution in [3.8, 4) is 0 Å². The van der Waals surface area contributed by atoms with E-state index in [2.05, 4.69) is 39.9 Å². The number of hydrogen-bond donors (Lipinski definition) is 1. The van der Waals surface area contributed by atoms with Crippen LogP contribution in [0, 0.1) is 5.92 Å². The Morgan fingerprint density at radius 3 is 2.29 bits per heavy atom. The van der Waals surface area contributed by atoms with Gasteiger partial charge in [-0.25, -0.2) is 0 Å². The molecule has 0 heterocycles. The van der Waals surface area contributed by atoms with Crippen LogP contribution in [-0.2, 0) is 4.74 Å². The molecule has 0 fully saturated rings. The molecule has 0 saturated heterocycles. The highest BCUT2D eigenvalue weighted by Crippen LogP contribution is 2.06. The molecule has 0 amide bonds. The summed E-state index contributed by atoms with van der Waals surface area (Å²) in [5.41, 5.74) is 0. The first-order valence-corrected chi connectivity index (χ1v) is 5.91. The molecule has 0 aliphatic heterocycles. The first-order valence-electron chi connectivity index (χ1n) is 5.91. The summed E-state index contributed by atoms with van der Waals surface area (Å²) in [4.78, 5) is 0. The molecule has 0 aliphatic carbocycles. The number of ether oxygens (including phenoxy) is 1. The van der Waals surface area contributed by atoms with Gasteiger partial charge in [-0.05, 0) is 32.6 Å². The zero-order valence-corrected chi connectivity index (χ0v) is 10.5. The summed E-state index contributed by atoms with van der Waals surface area (Å²) < 4.78 is 5.69. The standard InChI is InChI=1S/C12H27NO/c1-6-11(4)13-7-8-14-12(5)9-10(2)3/h10-13H,6-9H2,1-5H3. The maximum atomic E-state index is 5.69. The first kappa shape index (κ1) is 13.9. The van der Waals surface area contributed by atoms with Crippen molar-refractivity contribution in [1.29, 1.82) is 0 Å². The van der Waals surface area contributed by atoms with Crippen LogP contribution in [-0.4, -0.2) is 25.3 Å². The molecule has 0 radical (unpaired) electrons. The average Bonchev–Trinajstić information content (AvgIpc) is 2.10. The Hall–Kier alpha value is -0.0800. The van der Waals surface area contributed by atoms with E-state index in [0.717, 1.165) is 25.5 Å². The van der Waals surface area contributed by atoms with E-state index in [1.165, 1.54) is 6.42 Å². The molecule has 0 aromatic carbocycles. The van der Waals surface area contributed by atoms with E-state index in [9.17, 15) is 0 Å². The van der Waals surface area contributed by atoms with Gasteiger partial charge in [0, 0.05) is 12.6 Å². The lowest BCUT2D eigenvalue weighted by molar-refractivity contribution is 0.0529. The van der Waals surface area contributed by atoms with Crippen molar-refractivity contribution in [2.45, 2.75) is 59.6 Å². The predicted molar refractivity (Wildman–Crippen MR) is 62.6 cm³/mol. The summed E-state index contributed by atoms with van der Waals surface area (Å²) in [5, 5.41) is 3.42. The number of hydrogen-bond acceptors (Lipinski definition) is 2. The lowest BCUT2D eigenvalue weighted by Crippen LogP contribution is -2.29. The van der Waals surface area contributed by atoms with Crippen LogP contribution in [0.1, 0.15) is 47.5 Å². The van der Waals surface area contributed by atoms with Gasteiger partial charge in [-0.3, -0.25) is 0 Å². The summed E-state index contributed by atoms with van der Waals surface area (Å²) in [6, 6.07) is 0.610. The summed E-state index contributed by atoms with van der Waals surface area (Å²) in [6.07, 6.45) is 2.74. The van der Waals surface area contributed by atoms with E-state index >= 15 is 0 Å². The maximum absolute atomic E-state index is 5.69. The van der Waals surface area contributed by atoms with E-state index < -0.39 is 0 Å². The van der Waals surface area contributed by atoms with Crippen molar-refractivity contribution in [3.05, 3.63) is 0 Å². The molecule has 0 saturated carbocycles. The average molecular weight is 201 g/mol. The van der Waals surface area contributed by atoms with Crippen LogP contribution in [0.3, 0.4) is 0 Å². The molecule has 14 heavy (non-hydrogen) atoms. The van der Waals surface area contributed by atoms with E-state index in [4.69, 9.17) is 4.74 Å². The van der Waals surface area contributed by atoms with Gasteiger partial charge in [0.1, 0.15) is 0 Å². The van der Waals surface area contributed by atoms with Gasteiger partial charge in [-0.1, -0.05) is 20.8 Å². The van der Waals surface area contributed by atoms with Crippen molar-refractivity contribution in [3.63, 3.8) is 0 Å². The fourth-order valence-corrected chi connectivity index (χ4v) is 1.44. The van der Waals surface area contributed by atoms with Gasteiger partial charge in [0.05, 0.1) is 12.7 Å². The van der Waals surface area contributed by atoms with E-state index in [0.29, 0.717) is 12.1 Å². The van der Waals surface area contributed by atoms with Crippen molar-refractivity contribution in [2.24, 2.45) is 5.92 Å². The molecule has 2 nitrogen and oxygen atoms in total. The summed E-state index contributed by atoms with van der Waals surface area (Å²) >= 11 is 0. The smallest absolute Gasteiger partial charge is 0.0594 e. The van der Waals surface area contributed by atoms with Crippen molar-refractivity contribution in [1.82, 2.24) is 5.32 Å². The van der Waals surface area contributed by atoms with Gasteiger partial charge < -0.3 is 10.1 Å². The molecule has 2 unspecified atom stereocenters. The molecule has 0 spiro atoms. The zero-order chi connectivity index (χ0) is 11.0. The second-order valence-corrected chi connectivity index (χ2v) is 4.57. The van der Waals surface area contributed by atoms with Gasteiger partial charge in [-0.15, -0.1) is 0 Å². The normalized spacial score (nSPS) is 15.9.